The van der Waals surface area contributed by atoms with Crippen molar-refractivity contribution < 1.29 is 6.22 Å². The molecule has 1 N–H and O–H groups in total. The summed E-state index contributed by atoms with van der Waals surface area (Å²) in [5.41, 5.74) is 2.39. The second kappa shape index (κ2) is 4.88. The van der Waals surface area contributed by atoms with Crippen LogP contribution < -0.4 is 5.32 Å². The molecule has 0 saturated heterocycles. The van der Waals surface area contributed by atoms with E-state index in [-0.39, 0.29) is 7.33 Å². The van der Waals surface area contributed by atoms with E-state index in [0.29, 0.717) is 5.56 Å². The van der Waals surface area contributed by atoms with Crippen LogP contribution in [0.1, 0.15) is 22.9 Å². The van der Waals surface area contributed by atoms with Crippen LogP contribution in [0.25, 0.3) is 22.9 Å². The molecule has 18 heavy (non-hydrogen) atoms. The molecule has 0 unspecified atom stereocenters. The highest BCUT2D eigenvalue weighted by molar-refractivity contribution is 6.11. The Morgan fingerprint density at radius 3 is 2.61 bits per heavy atom. The highest BCUT2D eigenvalue weighted by atomic mass is 16.1. The summed E-state index contributed by atoms with van der Waals surface area (Å²) in [5.74, 6) is -0.107. The molecule has 0 heterocycles. The SMILES string of the molecule is C=Cc1cc2ccccc2c(C(=O)NC)c1C=C.[HH]. The number of carbonyl (C=O) groups is 1. The minimum Gasteiger partial charge on any atom is -0.355 e. The molecule has 0 aliphatic rings. The lowest BCUT2D eigenvalue weighted by Gasteiger charge is -2.12. The zero-order chi connectivity index (χ0) is 13.1. The lowest BCUT2D eigenvalue weighted by molar-refractivity contribution is 0.0964. The summed E-state index contributed by atoms with van der Waals surface area (Å²) in [4.78, 5) is 12.1. The minimum atomic E-state index is -0.107. The van der Waals surface area contributed by atoms with Crippen molar-refractivity contribution in [2.45, 2.75) is 0 Å². The third-order valence-corrected chi connectivity index (χ3v) is 3.00. The Kier molecular flexibility index (Phi) is 3.28. The number of carbonyl (C=O) groups excluding carboxylic acids is 1. The van der Waals surface area contributed by atoms with Crippen LogP contribution in [0, 0.1) is 0 Å². The van der Waals surface area contributed by atoms with Crippen LogP contribution in [0.5, 0.6) is 0 Å². The molecule has 0 bridgehead atoms. The number of benzene rings is 2. The molecular formula is C16H17NO. The number of hydrogen-bond acceptors (Lipinski definition) is 1. The topological polar surface area (TPSA) is 29.1 Å². The Balaban J connectivity index is 0.00000180. The van der Waals surface area contributed by atoms with E-state index in [2.05, 4.69) is 18.5 Å². The van der Waals surface area contributed by atoms with Crippen molar-refractivity contribution in [2.24, 2.45) is 0 Å². The van der Waals surface area contributed by atoms with E-state index < -0.39 is 0 Å². The van der Waals surface area contributed by atoms with Crippen molar-refractivity contribution in [2.75, 3.05) is 7.05 Å². The third kappa shape index (κ3) is 1.82. The van der Waals surface area contributed by atoms with Crippen molar-refractivity contribution in [3.63, 3.8) is 0 Å². The highest BCUT2D eigenvalue weighted by Crippen LogP contribution is 2.27. The van der Waals surface area contributed by atoms with Gasteiger partial charge < -0.3 is 5.32 Å². The first-order chi connectivity index (χ1) is 8.72. The van der Waals surface area contributed by atoms with Gasteiger partial charge in [-0.15, -0.1) is 0 Å². The van der Waals surface area contributed by atoms with E-state index in [1.165, 1.54) is 0 Å². The highest BCUT2D eigenvalue weighted by Gasteiger charge is 2.15. The maximum Gasteiger partial charge on any atom is 0.252 e. The predicted octanol–water partition coefficient (Wildman–Crippen LogP) is 3.73. The molecule has 0 aliphatic carbocycles. The van der Waals surface area contributed by atoms with Crippen molar-refractivity contribution in [3.8, 4) is 0 Å². The molecule has 0 atom stereocenters. The maximum atomic E-state index is 12.1. The second-order valence-electron chi connectivity index (χ2n) is 3.96. The van der Waals surface area contributed by atoms with Gasteiger partial charge in [-0.05, 0) is 28.0 Å². The van der Waals surface area contributed by atoms with Crippen molar-refractivity contribution in [1.29, 1.82) is 0 Å². The molecule has 0 saturated carbocycles. The Labute approximate surface area is 108 Å². The smallest absolute Gasteiger partial charge is 0.252 e. The average Bonchev–Trinajstić information content (AvgIpc) is 2.44. The summed E-state index contributed by atoms with van der Waals surface area (Å²) in [6, 6.07) is 9.83. The molecular weight excluding hydrogens is 222 g/mol. The van der Waals surface area contributed by atoms with Crippen LogP contribution in [0.2, 0.25) is 0 Å². The number of rotatable bonds is 3. The molecule has 0 radical (unpaired) electrons. The lowest BCUT2D eigenvalue weighted by Crippen LogP contribution is -2.19. The summed E-state index contributed by atoms with van der Waals surface area (Å²) in [7, 11) is 1.63. The molecule has 0 fully saturated rings. The molecule has 1 amide bonds. The first kappa shape index (κ1) is 12.1. The van der Waals surface area contributed by atoms with Crippen LogP contribution in [-0.4, -0.2) is 13.0 Å². The van der Waals surface area contributed by atoms with E-state index in [1.54, 1.807) is 19.2 Å². The molecule has 2 heteroatoms. The zero-order valence-corrected chi connectivity index (χ0v) is 10.4. The summed E-state index contributed by atoms with van der Waals surface area (Å²) >= 11 is 0. The maximum absolute atomic E-state index is 12.1. The van der Waals surface area contributed by atoms with E-state index in [1.807, 2.05) is 30.3 Å². The second-order valence-corrected chi connectivity index (χ2v) is 3.96. The van der Waals surface area contributed by atoms with Gasteiger partial charge in [0.1, 0.15) is 0 Å². The van der Waals surface area contributed by atoms with Gasteiger partial charge in [-0.2, -0.15) is 0 Å². The number of nitrogens with one attached hydrogen (secondary N) is 1. The van der Waals surface area contributed by atoms with Crippen molar-refractivity contribution in [1.82, 2.24) is 5.32 Å². The molecule has 0 aromatic heterocycles. The van der Waals surface area contributed by atoms with Gasteiger partial charge in [0, 0.05) is 8.47 Å². The van der Waals surface area contributed by atoms with Gasteiger partial charge in [-0.1, -0.05) is 49.6 Å². The molecule has 92 valence electrons. The number of fused-ring (bicyclic) bond motifs is 1. The van der Waals surface area contributed by atoms with Crippen molar-refractivity contribution >= 4 is 28.8 Å². The zero-order valence-electron chi connectivity index (χ0n) is 10.4. The quantitative estimate of drug-likeness (QED) is 0.868. The van der Waals surface area contributed by atoms with E-state index in [9.17, 15) is 4.79 Å². The number of hydrogen-bond donors (Lipinski definition) is 1. The van der Waals surface area contributed by atoms with Crippen LogP contribution in [0.3, 0.4) is 0 Å². The normalized spacial score (nSPS) is 10.1. The van der Waals surface area contributed by atoms with E-state index >= 15 is 0 Å². The van der Waals surface area contributed by atoms with Gasteiger partial charge in [0.25, 0.3) is 5.91 Å². The van der Waals surface area contributed by atoms with Crippen LogP contribution in [-0.2, 0) is 0 Å². The average molecular weight is 239 g/mol. The summed E-state index contributed by atoms with van der Waals surface area (Å²) in [5, 5.41) is 4.63. The minimum absolute atomic E-state index is 0. The Morgan fingerprint density at radius 2 is 2.00 bits per heavy atom. The van der Waals surface area contributed by atoms with Gasteiger partial charge in [-0.3, -0.25) is 4.79 Å². The largest absolute Gasteiger partial charge is 0.355 e. The Hall–Kier alpha value is -2.35. The fraction of sp³-hybridized carbons (Fsp3) is 0.0625. The van der Waals surface area contributed by atoms with Gasteiger partial charge in [-0.25, -0.2) is 0 Å². The van der Waals surface area contributed by atoms with Crippen LogP contribution in [0.4, 0.5) is 0 Å². The van der Waals surface area contributed by atoms with E-state index in [4.69, 9.17) is 0 Å². The van der Waals surface area contributed by atoms with Crippen LogP contribution >= 0.6 is 0 Å². The molecule has 2 nitrogen and oxygen atoms in total. The predicted molar refractivity (Wildman–Crippen MR) is 79.6 cm³/mol. The Morgan fingerprint density at radius 1 is 1.28 bits per heavy atom. The number of amides is 1. The molecule has 2 aromatic carbocycles. The molecule has 2 rings (SSSR count). The first-order valence-electron chi connectivity index (χ1n) is 5.75. The summed E-state index contributed by atoms with van der Waals surface area (Å²) in [6.07, 6.45) is 3.45. The summed E-state index contributed by atoms with van der Waals surface area (Å²) < 4.78 is 0. The lowest BCUT2D eigenvalue weighted by atomic mass is 9.93. The van der Waals surface area contributed by atoms with Crippen LogP contribution in [0.15, 0.2) is 43.5 Å². The third-order valence-electron chi connectivity index (χ3n) is 3.00. The van der Waals surface area contributed by atoms with E-state index in [0.717, 1.165) is 21.9 Å². The van der Waals surface area contributed by atoms with Gasteiger partial charge >= 0.3 is 0 Å². The fourth-order valence-corrected chi connectivity index (χ4v) is 2.14. The standard InChI is InChI=1S/C16H15NO.H2/c1-4-11-10-12-8-6-7-9-14(12)15(13(11)5-2)16(18)17-3;/h4-10H,1-2H2,3H3,(H,17,18);1H. The van der Waals surface area contributed by atoms with Gasteiger partial charge in [0.2, 0.25) is 0 Å². The summed E-state index contributed by atoms with van der Waals surface area (Å²) in [6.45, 7) is 7.59. The Bertz CT molecular complexity index is 646. The van der Waals surface area contributed by atoms with Gasteiger partial charge in [0.05, 0.1) is 5.56 Å². The monoisotopic (exact) mass is 239 g/mol. The first-order valence-corrected chi connectivity index (χ1v) is 5.75. The fourth-order valence-electron chi connectivity index (χ4n) is 2.14. The van der Waals surface area contributed by atoms with Crippen molar-refractivity contribution in [3.05, 3.63) is 60.2 Å². The van der Waals surface area contributed by atoms with Gasteiger partial charge in [0.15, 0.2) is 0 Å². The molecule has 0 aliphatic heterocycles. The molecule has 2 aromatic rings. The molecule has 0 spiro atoms.